The summed E-state index contributed by atoms with van der Waals surface area (Å²) < 4.78 is 0. The maximum Gasteiger partial charge on any atom is 0.115 e. The van der Waals surface area contributed by atoms with E-state index in [2.05, 4.69) is 22.2 Å². The van der Waals surface area contributed by atoms with Crippen LogP contribution in [0.1, 0.15) is 25.3 Å². The number of aliphatic hydroxyl groups excluding tert-OH is 1. The molecule has 1 aromatic heterocycles. The van der Waals surface area contributed by atoms with E-state index in [4.69, 9.17) is 5.11 Å². The van der Waals surface area contributed by atoms with Gasteiger partial charge in [-0.2, -0.15) is 0 Å². The van der Waals surface area contributed by atoms with Gasteiger partial charge in [0.2, 0.25) is 0 Å². The van der Waals surface area contributed by atoms with E-state index in [1.54, 1.807) is 12.4 Å². The summed E-state index contributed by atoms with van der Waals surface area (Å²) in [4.78, 5) is 7.87. The van der Waals surface area contributed by atoms with Crippen molar-refractivity contribution < 1.29 is 5.11 Å². The van der Waals surface area contributed by atoms with Gasteiger partial charge in [0.05, 0.1) is 0 Å². The lowest BCUT2D eigenvalue weighted by Crippen LogP contribution is -2.28. The first-order valence-corrected chi connectivity index (χ1v) is 4.95. The molecule has 0 radical (unpaired) electrons. The Morgan fingerprint density at radius 2 is 2.14 bits per heavy atom. The first-order chi connectivity index (χ1) is 6.86. The molecule has 1 rings (SSSR count). The van der Waals surface area contributed by atoms with E-state index in [9.17, 15) is 0 Å². The maximum atomic E-state index is 8.80. The van der Waals surface area contributed by atoms with Crippen molar-refractivity contribution in [3.05, 3.63) is 24.3 Å². The fourth-order valence-corrected chi connectivity index (χ4v) is 1.29. The lowest BCUT2D eigenvalue weighted by molar-refractivity contribution is 0.262. The van der Waals surface area contributed by atoms with Gasteiger partial charge in [0.1, 0.15) is 6.33 Å². The Balaban J connectivity index is 2.32. The number of nitrogens with zero attached hydrogens (tertiary/aromatic N) is 2. The molecule has 1 aromatic rings. The van der Waals surface area contributed by atoms with Crippen LogP contribution in [0, 0.1) is 0 Å². The summed E-state index contributed by atoms with van der Waals surface area (Å²) in [5, 5.41) is 12.1. The smallest absolute Gasteiger partial charge is 0.115 e. The predicted octanol–water partition coefficient (Wildman–Crippen LogP) is 0.727. The van der Waals surface area contributed by atoms with Crippen LogP contribution >= 0.6 is 0 Å². The highest BCUT2D eigenvalue weighted by Crippen LogP contribution is 1.99. The third kappa shape index (κ3) is 3.81. The predicted molar refractivity (Wildman–Crippen MR) is 54.7 cm³/mol. The molecule has 1 atom stereocenters. The molecule has 0 aliphatic heterocycles. The Labute approximate surface area is 84.4 Å². The highest BCUT2D eigenvalue weighted by Gasteiger charge is 2.04. The molecule has 1 unspecified atom stereocenters. The van der Waals surface area contributed by atoms with Crippen molar-refractivity contribution in [1.29, 1.82) is 0 Å². The fourth-order valence-electron chi connectivity index (χ4n) is 1.29. The van der Waals surface area contributed by atoms with Crippen molar-refractivity contribution in [2.75, 3.05) is 6.61 Å². The topological polar surface area (TPSA) is 58.0 Å². The van der Waals surface area contributed by atoms with Crippen LogP contribution in [0.2, 0.25) is 0 Å². The van der Waals surface area contributed by atoms with Crippen LogP contribution < -0.4 is 5.32 Å². The lowest BCUT2D eigenvalue weighted by atomic mass is 10.1. The zero-order chi connectivity index (χ0) is 10.2. The fraction of sp³-hybridized carbons (Fsp3) is 0.600. The molecule has 4 nitrogen and oxygen atoms in total. The average Bonchev–Trinajstić information content (AvgIpc) is 2.25. The van der Waals surface area contributed by atoms with Crippen molar-refractivity contribution >= 4 is 0 Å². The quantitative estimate of drug-likeness (QED) is 0.702. The molecule has 14 heavy (non-hydrogen) atoms. The summed E-state index contributed by atoms with van der Waals surface area (Å²) in [6.07, 6.45) is 6.93. The lowest BCUT2D eigenvalue weighted by Gasteiger charge is -2.15. The van der Waals surface area contributed by atoms with Crippen molar-refractivity contribution in [2.45, 2.75) is 32.4 Å². The van der Waals surface area contributed by atoms with Crippen LogP contribution in [0.25, 0.3) is 0 Å². The van der Waals surface area contributed by atoms with Gasteiger partial charge in [0.25, 0.3) is 0 Å². The summed E-state index contributed by atoms with van der Waals surface area (Å²) in [5.41, 5.74) is 1.07. The third-order valence-corrected chi connectivity index (χ3v) is 2.18. The minimum atomic E-state index is 0.233. The molecule has 0 spiro atoms. The van der Waals surface area contributed by atoms with Gasteiger partial charge in [-0.3, -0.25) is 0 Å². The van der Waals surface area contributed by atoms with Crippen LogP contribution in [-0.4, -0.2) is 27.7 Å². The second-order valence-corrected chi connectivity index (χ2v) is 3.25. The minimum Gasteiger partial charge on any atom is -0.396 e. The van der Waals surface area contributed by atoms with Gasteiger partial charge in [-0.15, -0.1) is 0 Å². The van der Waals surface area contributed by atoms with E-state index >= 15 is 0 Å². The Hall–Kier alpha value is -1.00. The molecule has 0 fully saturated rings. The average molecular weight is 195 g/mol. The van der Waals surface area contributed by atoms with E-state index in [0.717, 1.165) is 24.9 Å². The zero-order valence-corrected chi connectivity index (χ0v) is 8.48. The molecule has 1 heterocycles. The van der Waals surface area contributed by atoms with Crippen molar-refractivity contribution in [3.8, 4) is 0 Å². The molecule has 78 valence electrons. The maximum absolute atomic E-state index is 8.80. The Kier molecular flexibility index (Phi) is 5.11. The van der Waals surface area contributed by atoms with Gasteiger partial charge in [-0.25, -0.2) is 9.97 Å². The SMILES string of the molecule is CCC(CCO)NCc1cncnc1. The molecular formula is C10H17N3O. The second-order valence-electron chi connectivity index (χ2n) is 3.25. The summed E-state index contributed by atoms with van der Waals surface area (Å²) in [6.45, 7) is 3.10. The number of hydrogen-bond donors (Lipinski definition) is 2. The van der Waals surface area contributed by atoms with E-state index in [1.807, 2.05) is 0 Å². The van der Waals surface area contributed by atoms with Crippen LogP contribution in [0.15, 0.2) is 18.7 Å². The molecule has 0 aliphatic rings. The van der Waals surface area contributed by atoms with Crippen LogP contribution in [-0.2, 0) is 6.54 Å². The van der Waals surface area contributed by atoms with Crippen molar-refractivity contribution in [1.82, 2.24) is 15.3 Å². The van der Waals surface area contributed by atoms with Gasteiger partial charge < -0.3 is 10.4 Å². The summed E-state index contributed by atoms with van der Waals surface area (Å²) >= 11 is 0. The van der Waals surface area contributed by atoms with Gasteiger partial charge in [-0.05, 0) is 12.8 Å². The number of aromatic nitrogens is 2. The summed E-state index contributed by atoms with van der Waals surface area (Å²) in [6, 6.07) is 0.375. The molecule has 2 N–H and O–H groups in total. The number of hydrogen-bond acceptors (Lipinski definition) is 4. The van der Waals surface area contributed by atoms with Crippen molar-refractivity contribution in [2.24, 2.45) is 0 Å². The van der Waals surface area contributed by atoms with Crippen LogP contribution in [0.4, 0.5) is 0 Å². The first-order valence-electron chi connectivity index (χ1n) is 4.95. The Morgan fingerprint density at radius 3 is 2.71 bits per heavy atom. The monoisotopic (exact) mass is 195 g/mol. The molecule has 0 aromatic carbocycles. The number of rotatable bonds is 6. The van der Waals surface area contributed by atoms with E-state index in [-0.39, 0.29) is 6.61 Å². The highest BCUT2D eigenvalue weighted by atomic mass is 16.3. The Morgan fingerprint density at radius 1 is 1.43 bits per heavy atom. The minimum absolute atomic E-state index is 0.233. The molecular weight excluding hydrogens is 178 g/mol. The first kappa shape index (κ1) is 11.1. The van der Waals surface area contributed by atoms with Crippen molar-refractivity contribution in [3.63, 3.8) is 0 Å². The summed E-state index contributed by atoms with van der Waals surface area (Å²) in [7, 11) is 0. The second kappa shape index (κ2) is 6.45. The van der Waals surface area contributed by atoms with Gasteiger partial charge in [0.15, 0.2) is 0 Å². The van der Waals surface area contributed by atoms with E-state index < -0.39 is 0 Å². The van der Waals surface area contributed by atoms with E-state index in [1.165, 1.54) is 6.33 Å². The molecule has 0 aliphatic carbocycles. The Bertz CT molecular complexity index is 240. The van der Waals surface area contributed by atoms with E-state index in [0.29, 0.717) is 6.04 Å². The van der Waals surface area contributed by atoms with Gasteiger partial charge in [-0.1, -0.05) is 6.92 Å². The summed E-state index contributed by atoms with van der Waals surface area (Å²) in [5.74, 6) is 0. The molecule has 4 heteroatoms. The molecule has 0 saturated carbocycles. The largest absolute Gasteiger partial charge is 0.396 e. The number of aliphatic hydroxyl groups is 1. The highest BCUT2D eigenvalue weighted by molar-refractivity contribution is 5.01. The normalized spacial score (nSPS) is 12.7. The zero-order valence-electron chi connectivity index (χ0n) is 8.48. The van der Waals surface area contributed by atoms with Gasteiger partial charge in [0, 0.05) is 37.2 Å². The van der Waals surface area contributed by atoms with Crippen LogP contribution in [0.3, 0.4) is 0 Å². The molecule has 0 amide bonds. The standard InChI is InChI=1S/C10H17N3O/c1-2-10(3-4-14)13-7-9-5-11-8-12-6-9/h5-6,8,10,13-14H,2-4,7H2,1H3. The third-order valence-electron chi connectivity index (χ3n) is 2.18. The van der Waals surface area contributed by atoms with Gasteiger partial charge >= 0.3 is 0 Å². The number of nitrogens with one attached hydrogen (secondary N) is 1. The molecule has 0 saturated heterocycles. The molecule has 0 bridgehead atoms. The van der Waals surface area contributed by atoms with Crippen LogP contribution in [0.5, 0.6) is 0 Å².